The van der Waals surface area contributed by atoms with Crippen LogP contribution in [0.2, 0.25) is 0 Å². The third-order valence-corrected chi connectivity index (χ3v) is 5.94. The summed E-state index contributed by atoms with van der Waals surface area (Å²) in [5.74, 6) is 0.315. The molecule has 1 aliphatic carbocycles. The van der Waals surface area contributed by atoms with Gasteiger partial charge in [0.15, 0.2) is 0 Å². The zero-order chi connectivity index (χ0) is 20.1. The molecule has 28 heavy (non-hydrogen) atoms. The lowest BCUT2D eigenvalue weighted by molar-refractivity contribution is 0.0176. The smallest absolute Gasteiger partial charge is 0.254 e. The molecule has 0 unspecified atom stereocenters. The van der Waals surface area contributed by atoms with Gasteiger partial charge in [0.25, 0.3) is 11.5 Å². The van der Waals surface area contributed by atoms with Crippen molar-refractivity contribution in [2.45, 2.75) is 36.8 Å². The number of nitrogens with two attached hydrogens (primary N) is 1. The molecule has 2 aliphatic rings. The zero-order valence-electron chi connectivity index (χ0n) is 15.4. The first-order valence-electron chi connectivity index (χ1n) is 9.04. The first-order valence-corrected chi connectivity index (χ1v) is 10.6. The summed E-state index contributed by atoms with van der Waals surface area (Å²) in [5.41, 5.74) is 1.21. The Morgan fingerprint density at radius 2 is 1.79 bits per heavy atom. The van der Waals surface area contributed by atoms with Crippen LogP contribution in [0, 0.1) is 6.92 Å². The van der Waals surface area contributed by atoms with Crippen molar-refractivity contribution in [3.05, 3.63) is 58.0 Å². The number of pyridine rings is 1. The summed E-state index contributed by atoms with van der Waals surface area (Å²) < 4.78 is 30.2. The van der Waals surface area contributed by atoms with E-state index < -0.39 is 10.0 Å². The van der Waals surface area contributed by atoms with E-state index in [1.165, 1.54) is 30.3 Å². The highest BCUT2D eigenvalue weighted by molar-refractivity contribution is 7.89. The maximum Gasteiger partial charge on any atom is 0.254 e. The number of likely N-dealkylation sites (tertiary alicyclic amines) is 1. The normalized spacial score (nSPS) is 17.3. The third-order valence-electron chi connectivity index (χ3n) is 5.01. The van der Waals surface area contributed by atoms with E-state index in [9.17, 15) is 18.0 Å². The van der Waals surface area contributed by atoms with Crippen LogP contribution in [0.3, 0.4) is 0 Å². The summed E-state index contributed by atoms with van der Waals surface area (Å²) in [4.78, 5) is 26.3. The van der Waals surface area contributed by atoms with E-state index in [4.69, 9.17) is 9.88 Å². The molecule has 9 heteroatoms. The van der Waals surface area contributed by atoms with E-state index in [-0.39, 0.29) is 22.5 Å². The lowest BCUT2D eigenvalue weighted by Gasteiger charge is -2.39. The molecule has 2 aromatic rings. The SMILES string of the molecule is Cc1cc(OC2CN(C(=O)c3ccc(S(N)(=O)=O)cc3)C2)cc(=O)n1C1CC1. The second-order valence-corrected chi connectivity index (χ2v) is 8.85. The topological polar surface area (TPSA) is 112 Å². The van der Waals surface area contributed by atoms with Crippen molar-refractivity contribution in [3.8, 4) is 5.75 Å². The van der Waals surface area contributed by atoms with Crippen LogP contribution < -0.4 is 15.4 Å². The average Bonchev–Trinajstić information content (AvgIpc) is 3.41. The maximum absolute atomic E-state index is 12.5. The number of primary sulfonamides is 1. The van der Waals surface area contributed by atoms with E-state index >= 15 is 0 Å². The molecule has 1 amide bonds. The fraction of sp³-hybridized carbons (Fsp3) is 0.368. The van der Waals surface area contributed by atoms with Crippen LogP contribution in [0.1, 0.15) is 34.9 Å². The number of nitrogens with zero attached hydrogens (tertiary/aromatic N) is 2. The van der Waals surface area contributed by atoms with Crippen molar-refractivity contribution < 1.29 is 17.9 Å². The minimum Gasteiger partial charge on any atom is -0.486 e. The van der Waals surface area contributed by atoms with Crippen LogP contribution in [-0.2, 0) is 10.0 Å². The summed E-state index contributed by atoms with van der Waals surface area (Å²) in [6.45, 7) is 2.70. The number of rotatable bonds is 5. The van der Waals surface area contributed by atoms with Gasteiger partial charge in [0, 0.05) is 23.4 Å². The van der Waals surface area contributed by atoms with Crippen LogP contribution >= 0.6 is 0 Å². The molecule has 0 bridgehead atoms. The maximum atomic E-state index is 12.5. The molecule has 1 aromatic heterocycles. The summed E-state index contributed by atoms with van der Waals surface area (Å²) in [6.07, 6.45) is 1.90. The lowest BCUT2D eigenvalue weighted by atomic mass is 10.1. The Balaban J connectivity index is 1.37. The van der Waals surface area contributed by atoms with Gasteiger partial charge in [-0.25, -0.2) is 13.6 Å². The van der Waals surface area contributed by atoms with Crippen LogP contribution in [-0.4, -0.2) is 43.0 Å². The summed E-state index contributed by atoms with van der Waals surface area (Å²) >= 11 is 0. The Morgan fingerprint density at radius 3 is 2.32 bits per heavy atom. The summed E-state index contributed by atoms with van der Waals surface area (Å²) in [7, 11) is -3.78. The highest BCUT2D eigenvalue weighted by Gasteiger charge is 2.33. The molecule has 4 rings (SSSR count). The van der Waals surface area contributed by atoms with Crippen molar-refractivity contribution in [3.63, 3.8) is 0 Å². The van der Waals surface area contributed by atoms with Crippen molar-refractivity contribution >= 4 is 15.9 Å². The molecule has 2 N–H and O–H groups in total. The Kier molecular flexibility index (Phi) is 4.51. The van der Waals surface area contributed by atoms with Gasteiger partial charge >= 0.3 is 0 Å². The number of carbonyl (C=O) groups excluding carboxylic acids is 1. The van der Waals surface area contributed by atoms with Gasteiger partial charge in [-0.3, -0.25) is 9.59 Å². The number of amides is 1. The molecule has 2 fully saturated rings. The minimum atomic E-state index is -3.78. The van der Waals surface area contributed by atoms with Gasteiger partial charge in [-0.05, 0) is 50.1 Å². The molecule has 2 heterocycles. The number of aryl methyl sites for hydroxylation is 1. The molecule has 148 valence electrons. The highest BCUT2D eigenvalue weighted by Crippen LogP contribution is 2.35. The molecule has 1 aliphatic heterocycles. The third kappa shape index (κ3) is 3.67. The number of ether oxygens (including phenoxy) is 1. The number of sulfonamides is 1. The molecular formula is C19H21N3O5S. The van der Waals surface area contributed by atoms with Gasteiger partial charge in [-0.1, -0.05) is 0 Å². The van der Waals surface area contributed by atoms with E-state index in [0.29, 0.717) is 30.4 Å². The predicted octanol–water partition coefficient (Wildman–Crippen LogP) is 1.04. The van der Waals surface area contributed by atoms with Crippen LogP contribution in [0.4, 0.5) is 0 Å². The van der Waals surface area contributed by atoms with E-state index in [0.717, 1.165) is 18.5 Å². The predicted molar refractivity (Wildman–Crippen MR) is 102 cm³/mol. The molecule has 1 saturated carbocycles. The quantitative estimate of drug-likeness (QED) is 0.802. The molecule has 1 aromatic carbocycles. The van der Waals surface area contributed by atoms with Crippen LogP contribution in [0.5, 0.6) is 5.75 Å². The van der Waals surface area contributed by atoms with Gasteiger partial charge in [-0.15, -0.1) is 0 Å². The van der Waals surface area contributed by atoms with Gasteiger partial charge in [0.2, 0.25) is 10.0 Å². The van der Waals surface area contributed by atoms with Crippen molar-refractivity contribution in [1.29, 1.82) is 0 Å². The van der Waals surface area contributed by atoms with E-state index in [2.05, 4.69) is 0 Å². The monoisotopic (exact) mass is 403 g/mol. The zero-order valence-corrected chi connectivity index (χ0v) is 16.2. The largest absolute Gasteiger partial charge is 0.486 e. The molecule has 0 atom stereocenters. The summed E-state index contributed by atoms with van der Waals surface area (Å²) in [5, 5.41) is 5.06. The fourth-order valence-electron chi connectivity index (χ4n) is 3.39. The summed E-state index contributed by atoms with van der Waals surface area (Å²) in [6, 6.07) is 9.19. The number of hydrogen-bond acceptors (Lipinski definition) is 5. The number of hydrogen-bond donors (Lipinski definition) is 1. The molecule has 0 spiro atoms. The first kappa shape index (κ1) is 18.7. The Morgan fingerprint density at radius 1 is 1.14 bits per heavy atom. The lowest BCUT2D eigenvalue weighted by Crippen LogP contribution is -2.56. The van der Waals surface area contributed by atoms with Crippen LogP contribution in [0.15, 0.2) is 46.1 Å². The Hall–Kier alpha value is -2.65. The Labute approximate surface area is 162 Å². The molecule has 8 nitrogen and oxygen atoms in total. The molecule has 0 radical (unpaired) electrons. The second-order valence-electron chi connectivity index (χ2n) is 7.29. The van der Waals surface area contributed by atoms with E-state index in [1.54, 1.807) is 9.47 Å². The van der Waals surface area contributed by atoms with Crippen LogP contribution in [0.25, 0.3) is 0 Å². The Bertz CT molecular complexity index is 1080. The van der Waals surface area contributed by atoms with Gasteiger partial charge < -0.3 is 14.2 Å². The highest BCUT2D eigenvalue weighted by atomic mass is 32.2. The van der Waals surface area contributed by atoms with Crippen molar-refractivity contribution in [2.24, 2.45) is 5.14 Å². The molecule has 1 saturated heterocycles. The first-order chi connectivity index (χ1) is 13.2. The van der Waals surface area contributed by atoms with Crippen molar-refractivity contribution in [2.75, 3.05) is 13.1 Å². The number of carbonyl (C=O) groups is 1. The second kappa shape index (κ2) is 6.75. The number of aromatic nitrogens is 1. The fourth-order valence-corrected chi connectivity index (χ4v) is 3.91. The van der Waals surface area contributed by atoms with Gasteiger partial charge in [0.1, 0.15) is 11.9 Å². The van der Waals surface area contributed by atoms with Crippen molar-refractivity contribution in [1.82, 2.24) is 9.47 Å². The number of benzene rings is 1. The van der Waals surface area contributed by atoms with E-state index in [1.807, 2.05) is 13.0 Å². The van der Waals surface area contributed by atoms with Gasteiger partial charge in [-0.2, -0.15) is 0 Å². The average molecular weight is 403 g/mol. The minimum absolute atomic E-state index is 0.0369. The van der Waals surface area contributed by atoms with Gasteiger partial charge in [0.05, 0.1) is 18.0 Å². The standard InChI is InChI=1S/C19H21N3O5S/c1-12-8-15(9-18(23)22(12)14-4-5-14)27-16-10-21(11-16)19(24)13-2-6-17(7-3-13)28(20,25)26/h2-3,6-9,14,16H,4-5,10-11H2,1H3,(H2,20,25,26). The molecular weight excluding hydrogens is 382 g/mol.